The van der Waals surface area contributed by atoms with Gasteiger partial charge < -0.3 is 10.6 Å². The molecule has 0 heterocycles. The Balaban J connectivity index is 0. The second-order valence-corrected chi connectivity index (χ2v) is 7.97. The molecule has 0 amide bonds. The van der Waals surface area contributed by atoms with Crippen LogP contribution in [0, 0.1) is 0 Å². The van der Waals surface area contributed by atoms with E-state index in [9.17, 15) is 8.42 Å². The van der Waals surface area contributed by atoms with Crippen molar-refractivity contribution >= 4 is 40.0 Å². The standard InChI is InChI=1S/C15H35N5O2S.HI/c1-7-16-15(18-10-11-19-23(6,21)22)17-9-8-12-20(13(2)3)14(4)5;/h13-14,19H,7-12H2,1-6H3,(H2,16,17,18);1H. The van der Waals surface area contributed by atoms with Crippen molar-refractivity contribution in [1.82, 2.24) is 20.3 Å². The number of hydrogen-bond donors (Lipinski definition) is 3. The number of nitrogens with one attached hydrogen (secondary N) is 3. The second kappa shape index (κ2) is 14.1. The van der Waals surface area contributed by atoms with E-state index >= 15 is 0 Å². The summed E-state index contributed by atoms with van der Waals surface area (Å²) >= 11 is 0. The fraction of sp³-hybridized carbons (Fsp3) is 0.933. The van der Waals surface area contributed by atoms with E-state index in [1.54, 1.807) is 0 Å². The van der Waals surface area contributed by atoms with Crippen LogP contribution in [0.5, 0.6) is 0 Å². The van der Waals surface area contributed by atoms with E-state index in [0.717, 1.165) is 38.3 Å². The molecule has 0 fully saturated rings. The van der Waals surface area contributed by atoms with Crippen LogP contribution in [-0.2, 0) is 10.0 Å². The van der Waals surface area contributed by atoms with Crippen molar-refractivity contribution < 1.29 is 8.42 Å². The van der Waals surface area contributed by atoms with Gasteiger partial charge in [-0.2, -0.15) is 0 Å². The van der Waals surface area contributed by atoms with Gasteiger partial charge in [0.1, 0.15) is 0 Å². The Morgan fingerprint density at radius 3 is 2.12 bits per heavy atom. The van der Waals surface area contributed by atoms with Crippen LogP contribution >= 0.6 is 24.0 Å². The van der Waals surface area contributed by atoms with Gasteiger partial charge >= 0.3 is 0 Å². The first-order valence-electron chi connectivity index (χ1n) is 8.40. The second-order valence-electron chi connectivity index (χ2n) is 6.13. The molecule has 0 saturated heterocycles. The summed E-state index contributed by atoms with van der Waals surface area (Å²) in [5.41, 5.74) is 0. The smallest absolute Gasteiger partial charge is 0.208 e. The number of hydrogen-bond acceptors (Lipinski definition) is 4. The summed E-state index contributed by atoms with van der Waals surface area (Å²) < 4.78 is 24.4. The van der Waals surface area contributed by atoms with Crippen molar-refractivity contribution in [3.8, 4) is 0 Å². The summed E-state index contributed by atoms with van der Waals surface area (Å²) in [6.45, 7) is 14.2. The average Bonchev–Trinajstić information content (AvgIpc) is 2.41. The fourth-order valence-corrected chi connectivity index (χ4v) is 2.79. The molecule has 0 aliphatic rings. The minimum absolute atomic E-state index is 0. The Labute approximate surface area is 165 Å². The number of sulfonamides is 1. The van der Waals surface area contributed by atoms with Crippen molar-refractivity contribution in [2.45, 2.75) is 53.1 Å². The highest BCUT2D eigenvalue weighted by atomic mass is 127. The molecule has 0 unspecified atom stereocenters. The van der Waals surface area contributed by atoms with Gasteiger partial charge in [0, 0.05) is 44.8 Å². The summed E-state index contributed by atoms with van der Waals surface area (Å²) in [6, 6.07) is 1.07. The molecule has 0 aliphatic carbocycles. The summed E-state index contributed by atoms with van der Waals surface area (Å²) in [6.07, 6.45) is 2.15. The highest BCUT2D eigenvalue weighted by Crippen LogP contribution is 2.05. The van der Waals surface area contributed by atoms with Gasteiger partial charge in [0.25, 0.3) is 0 Å². The minimum Gasteiger partial charge on any atom is -0.357 e. The topological polar surface area (TPSA) is 85.8 Å². The third kappa shape index (κ3) is 14.2. The van der Waals surface area contributed by atoms with Crippen LogP contribution in [0.15, 0.2) is 4.99 Å². The molecule has 0 spiro atoms. The minimum atomic E-state index is -3.14. The van der Waals surface area contributed by atoms with E-state index in [0.29, 0.717) is 25.2 Å². The van der Waals surface area contributed by atoms with Crippen LogP contribution in [0.4, 0.5) is 0 Å². The van der Waals surface area contributed by atoms with Crippen LogP contribution in [-0.4, -0.2) is 70.3 Å². The number of halogens is 1. The first-order chi connectivity index (χ1) is 10.7. The molecule has 0 bridgehead atoms. The van der Waals surface area contributed by atoms with E-state index in [2.05, 4.69) is 52.9 Å². The maximum absolute atomic E-state index is 11.0. The van der Waals surface area contributed by atoms with Crippen LogP contribution in [0.2, 0.25) is 0 Å². The van der Waals surface area contributed by atoms with Gasteiger partial charge in [-0.25, -0.2) is 13.1 Å². The lowest BCUT2D eigenvalue weighted by atomic mass is 10.2. The molecular formula is C15H36IN5O2S. The molecule has 0 aromatic rings. The predicted molar refractivity (Wildman–Crippen MR) is 114 cm³/mol. The molecular weight excluding hydrogens is 441 g/mol. The summed E-state index contributed by atoms with van der Waals surface area (Å²) in [5.74, 6) is 0.725. The van der Waals surface area contributed by atoms with E-state index < -0.39 is 10.0 Å². The molecule has 0 aromatic carbocycles. The monoisotopic (exact) mass is 477 g/mol. The summed E-state index contributed by atoms with van der Waals surface area (Å²) in [4.78, 5) is 6.98. The Bertz CT molecular complexity index is 433. The predicted octanol–water partition coefficient (Wildman–Crippen LogP) is 1.22. The van der Waals surface area contributed by atoms with Crippen molar-refractivity contribution in [2.75, 3.05) is 39.0 Å². The first-order valence-corrected chi connectivity index (χ1v) is 10.3. The quantitative estimate of drug-likeness (QED) is 0.180. The van der Waals surface area contributed by atoms with Gasteiger partial charge in [0.2, 0.25) is 10.0 Å². The zero-order valence-corrected chi connectivity index (χ0v) is 19.1. The molecule has 0 aliphatic heterocycles. The van der Waals surface area contributed by atoms with Crippen molar-refractivity contribution in [2.24, 2.45) is 4.99 Å². The Kier molecular flexibility index (Phi) is 15.3. The number of nitrogens with zero attached hydrogens (tertiary/aromatic N) is 2. The highest BCUT2D eigenvalue weighted by Gasteiger charge is 2.12. The Morgan fingerprint density at radius 2 is 1.67 bits per heavy atom. The van der Waals surface area contributed by atoms with Gasteiger partial charge in [-0.1, -0.05) is 0 Å². The molecule has 3 N–H and O–H groups in total. The van der Waals surface area contributed by atoms with Gasteiger partial charge in [-0.3, -0.25) is 9.89 Å². The maximum Gasteiger partial charge on any atom is 0.208 e. The molecule has 0 aromatic heterocycles. The van der Waals surface area contributed by atoms with E-state index in [1.807, 2.05) is 6.92 Å². The van der Waals surface area contributed by atoms with E-state index in [4.69, 9.17) is 0 Å². The molecule has 146 valence electrons. The molecule has 7 nitrogen and oxygen atoms in total. The highest BCUT2D eigenvalue weighted by molar-refractivity contribution is 14.0. The molecule has 0 saturated carbocycles. The summed E-state index contributed by atoms with van der Waals surface area (Å²) in [7, 11) is -3.14. The lowest BCUT2D eigenvalue weighted by Crippen LogP contribution is -2.41. The van der Waals surface area contributed by atoms with E-state index in [-0.39, 0.29) is 24.0 Å². The van der Waals surface area contributed by atoms with Gasteiger partial charge in [-0.05, 0) is 41.0 Å². The Morgan fingerprint density at radius 1 is 1.08 bits per heavy atom. The van der Waals surface area contributed by atoms with Crippen LogP contribution in [0.3, 0.4) is 0 Å². The van der Waals surface area contributed by atoms with Crippen LogP contribution in [0.1, 0.15) is 41.0 Å². The lowest BCUT2D eigenvalue weighted by molar-refractivity contribution is 0.174. The number of rotatable bonds is 11. The zero-order valence-electron chi connectivity index (χ0n) is 15.9. The van der Waals surface area contributed by atoms with Crippen molar-refractivity contribution in [1.29, 1.82) is 0 Å². The largest absolute Gasteiger partial charge is 0.357 e. The van der Waals surface area contributed by atoms with Crippen LogP contribution in [0.25, 0.3) is 0 Å². The number of guanidine groups is 1. The van der Waals surface area contributed by atoms with Gasteiger partial charge in [0.05, 0.1) is 6.26 Å². The van der Waals surface area contributed by atoms with Crippen molar-refractivity contribution in [3.63, 3.8) is 0 Å². The first kappa shape index (κ1) is 26.1. The van der Waals surface area contributed by atoms with E-state index in [1.165, 1.54) is 0 Å². The molecule has 24 heavy (non-hydrogen) atoms. The van der Waals surface area contributed by atoms with Gasteiger partial charge in [0.15, 0.2) is 5.96 Å². The SMILES string of the molecule is CCNC(=NCCCN(C(C)C)C(C)C)NCCNS(C)(=O)=O.I. The zero-order chi connectivity index (χ0) is 17.9. The fourth-order valence-electron chi connectivity index (χ4n) is 2.32. The van der Waals surface area contributed by atoms with Crippen molar-refractivity contribution in [3.05, 3.63) is 0 Å². The molecule has 0 radical (unpaired) electrons. The third-order valence-electron chi connectivity index (χ3n) is 3.30. The van der Waals surface area contributed by atoms with Crippen LogP contribution < -0.4 is 15.4 Å². The maximum atomic E-state index is 11.0. The van der Waals surface area contributed by atoms with Gasteiger partial charge in [-0.15, -0.1) is 24.0 Å². The molecule has 0 rings (SSSR count). The Hall–Kier alpha value is -0.130. The third-order valence-corrected chi connectivity index (χ3v) is 4.03. The lowest BCUT2D eigenvalue weighted by Gasteiger charge is -2.30. The summed E-state index contributed by atoms with van der Waals surface area (Å²) in [5, 5.41) is 6.29. The normalized spacial score (nSPS) is 12.6. The molecule has 0 atom stereocenters. The number of aliphatic imine (C=N–C) groups is 1. The average molecular weight is 477 g/mol. The molecule has 9 heteroatoms.